The van der Waals surface area contributed by atoms with Gasteiger partial charge in [0.05, 0.1) is 32.6 Å². The number of nitrogens with zero attached hydrogens (tertiary/aromatic N) is 3. The molecule has 0 fully saturated rings. The summed E-state index contributed by atoms with van der Waals surface area (Å²) in [6.07, 6.45) is 0. The van der Waals surface area contributed by atoms with E-state index in [0.717, 1.165) is 37.2 Å². The van der Waals surface area contributed by atoms with Crippen molar-refractivity contribution in [3.8, 4) is 5.69 Å². The van der Waals surface area contributed by atoms with Gasteiger partial charge in [0.2, 0.25) is 0 Å². The lowest BCUT2D eigenvalue weighted by molar-refractivity contribution is 0.984. The number of benzene rings is 2. The van der Waals surface area contributed by atoms with E-state index in [2.05, 4.69) is 48.7 Å². The number of alkyl halides is 1. The molecular formula is C15H9BrClN3S. The molecule has 4 aromatic rings. The number of rotatable bonds is 2. The van der Waals surface area contributed by atoms with Crippen LogP contribution in [0, 0.1) is 0 Å². The van der Waals surface area contributed by atoms with Crippen LogP contribution >= 0.6 is 38.9 Å². The van der Waals surface area contributed by atoms with E-state index in [4.69, 9.17) is 11.6 Å². The summed E-state index contributed by atoms with van der Waals surface area (Å²) in [5, 5.41) is 0. The van der Waals surface area contributed by atoms with E-state index in [-0.39, 0.29) is 0 Å². The summed E-state index contributed by atoms with van der Waals surface area (Å²) in [7, 11) is 0. The van der Waals surface area contributed by atoms with Gasteiger partial charge in [-0.25, -0.2) is 9.97 Å². The quantitative estimate of drug-likeness (QED) is 0.452. The Hall–Kier alpha value is -1.43. The fourth-order valence-corrected chi connectivity index (χ4v) is 3.70. The summed E-state index contributed by atoms with van der Waals surface area (Å²) in [6.45, 7) is 0. The molecule has 2 heterocycles. The van der Waals surface area contributed by atoms with E-state index in [1.165, 1.54) is 0 Å². The number of fused-ring (bicyclic) bond motifs is 2. The third-order valence-electron chi connectivity index (χ3n) is 3.38. The zero-order valence-electron chi connectivity index (χ0n) is 10.8. The van der Waals surface area contributed by atoms with Gasteiger partial charge in [-0.1, -0.05) is 15.9 Å². The Morgan fingerprint density at radius 1 is 1.14 bits per heavy atom. The Morgan fingerprint density at radius 3 is 2.90 bits per heavy atom. The van der Waals surface area contributed by atoms with Crippen LogP contribution < -0.4 is 0 Å². The normalized spacial score (nSPS) is 11.5. The monoisotopic (exact) mass is 377 g/mol. The molecule has 0 aliphatic rings. The molecule has 0 amide bonds. The predicted octanol–water partition coefficient (Wildman–Crippen LogP) is 5.14. The minimum Gasteiger partial charge on any atom is -0.295 e. The highest BCUT2D eigenvalue weighted by molar-refractivity contribution is 9.10. The molecule has 0 saturated heterocycles. The lowest BCUT2D eigenvalue weighted by Gasteiger charge is -2.07. The molecule has 0 bridgehead atoms. The largest absolute Gasteiger partial charge is 0.295 e. The summed E-state index contributed by atoms with van der Waals surface area (Å²) in [5.74, 6) is 1.21. The fourth-order valence-electron chi connectivity index (χ4n) is 2.46. The van der Waals surface area contributed by atoms with Crippen molar-refractivity contribution in [2.24, 2.45) is 0 Å². The van der Waals surface area contributed by atoms with Crippen LogP contribution in [0.15, 0.2) is 46.4 Å². The summed E-state index contributed by atoms with van der Waals surface area (Å²) < 4.78 is 4.28. The third kappa shape index (κ3) is 2.16. The van der Waals surface area contributed by atoms with Gasteiger partial charge in [0, 0.05) is 10.2 Å². The molecular weight excluding hydrogens is 370 g/mol. The SMILES string of the molecule is ClCc1nc2cc(Br)ccc2n1-c1ccc2ncsc2c1. The number of thiazole rings is 1. The maximum Gasteiger partial charge on any atom is 0.129 e. The molecule has 6 heteroatoms. The highest BCUT2D eigenvalue weighted by Gasteiger charge is 2.12. The van der Waals surface area contributed by atoms with E-state index in [1.54, 1.807) is 11.3 Å². The molecule has 0 spiro atoms. The van der Waals surface area contributed by atoms with E-state index in [0.29, 0.717) is 5.88 Å². The van der Waals surface area contributed by atoms with Crippen molar-refractivity contribution in [2.75, 3.05) is 0 Å². The van der Waals surface area contributed by atoms with E-state index < -0.39 is 0 Å². The zero-order chi connectivity index (χ0) is 14.4. The highest BCUT2D eigenvalue weighted by atomic mass is 79.9. The van der Waals surface area contributed by atoms with Gasteiger partial charge in [-0.2, -0.15) is 0 Å². The molecule has 0 aliphatic heterocycles. The van der Waals surface area contributed by atoms with E-state index in [9.17, 15) is 0 Å². The van der Waals surface area contributed by atoms with E-state index >= 15 is 0 Å². The minimum atomic E-state index is 0.368. The van der Waals surface area contributed by atoms with Gasteiger partial charge in [0.25, 0.3) is 0 Å². The third-order valence-corrected chi connectivity index (χ3v) is 4.90. The molecule has 0 saturated carbocycles. The van der Waals surface area contributed by atoms with E-state index in [1.807, 2.05) is 23.7 Å². The van der Waals surface area contributed by atoms with Crippen LogP contribution in [0.2, 0.25) is 0 Å². The number of imidazole rings is 1. The van der Waals surface area contributed by atoms with Crippen LogP contribution in [-0.4, -0.2) is 14.5 Å². The molecule has 0 unspecified atom stereocenters. The highest BCUT2D eigenvalue weighted by Crippen LogP contribution is 2.28. The summed E-state index contributed by atoms with van der Waals surface area (Å²) in [4.78, 5) is 8.94. The molecule has 0 aliphatic carbocycles. The Balaban J connectivity index is 2.03. The van der Waals surface area contributed by atoms with Crippen molar-refractivity contribution in [1.29, 1.82) is 0 Å². The number of hydrogen-bond acceptors (Lipinski definition) is 3. The standard InChI is InChI=1S/C15H9BrClN3S/c16-9-1-4-13-12(5-9)19-15(7-17)20(13)10-2-3-11-14(6-10)21-8-18-11/h1-6,8H,7H2. The van der Waals surface area contributed by atoms with Crippen molar-refractivity contribution in [2.45, 2.75) is 5.88 Å². The summed E-state index contributed by atoms with van der Waals surface area (Å²) in [5.41, 5.74) is 5.93. The molecule has 0 radical (unpaired) electrons. The van der Waals surface area contributed by atoms with Crippen LogP contribution in [0.4, 0.5) is 0 Å². The van der Waals surface area contributed by atoms with Crippen molar-refractivity contribution >= 4 is 60.1 Å². The molecule has 104 valence electrons. The van der Waals surface area contributed by atoms with Crippen molar-refractivity contribution < 1.29 is 0 Å². The van der Waals surface area contributed by atoms with Gasteiger partial charge < -0.3 is 0 Å². The first-order valence-electron chi connectivity index (χ1n) is 6.33. The van der Waals surface area contributed by atoms with Gasteiger partial charge >= 0.3 is 0 Å². The number of halogens is 2. The number of hydrogen-bond donors (Lipinski definition) is 0. The maximum atomic E-state index is 6.09. The Bertz CT molecular complexity index is 960. The first kappa shape index (κ1) is 13.2. The lowest BCUT2D eigenvalue weighted by Crippen LogP contribution is -1.98. The van der Waals surface area contributed by atoms with Crippen molar-refractivity contribution in [3.05, 3.63) is 52.2 Å². The van der Waals surface area contributed by atoms with Gasteiger partial charge in [-0.05, 0) is 36.4 Å². The van der Waals surface area contributed by atoms with Crippen LogP contribution in [0.5, 0.6) is 0 Å². The Morgan fingerprint density at radius 2 is 2.05 bits per heavy atom. The topological polar surface area (TPSA) is 30.7 Å². The van der Waals surface area contributed by atoms with Gasteiger partial charge in [-0.15, -0.1) is 22.9 Å². The number of aromatic nitrogens is 3. The molecule has 2 aromatic carbocycles. The van der Waals surface area contributed by atoms with Crippen LogP contribution in [0.1, 0.15) is 5.82 Å². The molecule has 21 heavy (non-hydrogen) atoms. The van der Waals surface area contributed by atoms with Crippen LogP contribution in [0.3, 0.4) is 0 Å². The van der Waals surface area contributed by atoms with Crippen LogP contribution in [-0.2, 0) is 5.88 Å². The Kier molecular flexibility index (Phi) is 3.21. The summed E-state index contributed by atoms with van der Waals surface area (Å²) in [6, 6.07) is 12.3. The molecule has 4 rings (SSSR count). The molecule has 0 N–H and O–H groups in total. The van der Waals surface area contributed by atoms with Gasteiger partial charge in [-0.3, -0.25) is 4.57 Å². The zero-order valence-corrected chi connectivity index (χ0v) is 13.9. The second-order valence-corrected chi connectivity index (χ2v) is 6.70. The van der Waals surface area contributed by atoms with Crippen LogP contribution in [0.25, 0.3) is 26.9 Å². The average molecular weight is 379 g/mol. The second kappa shape index (κ2) is 5.09. The average Bonchev–Trinajstić information content (AvgIpc) is 3.09. The van der Waals surface area contributed by atoms with Crippen molar-refractivity contribution in [3.63, 3.8) is 0 Å². The first-order chi connectivity index (χ1) is 10.3. The molecule has 2 aromatic heterocycles. The molecule has 3 nitrogen and oxygen atoms in total. The minimum absolute atomic E-state index is 0.368. The van der Waals surface area contributed by atoms with Gasteiger partial charge in [0.15, 0.2) is 0 Å². The fraction of sp³-hybridized carbons (Fsp3) is 0.0667. The van der Waals surface area contributed by atoms with Gasteiger partial charge in [0.1, 0.15) is 5.82 Å². The smallest absolute Gasteiger partial charge is 0.129 e. The lowest BCUT2D eigenvalue weighted by atomic mass is 10.2. The molecule has 0 atom stereocenters. The Labute approximate surface area is 138 Å². The first-order valence-corrected chi connectivity index (χ1v) is 8.53. The maximum absolute atomic E-state index is 6.09. The second-order valence-electron chi connectivity index (χ2n) is 4.63. The predicted molar refractivity (Wildman–Crippen MR) is 91.5 cm³/mol. The van der Waals surface area contributed by atoms with Crippen molar-refractivity contribution in [1.82, 2.24) is 14.5 Å². The summed E-state index contributed by atoms with van der Waals surface area (Å²) >= 11 is 11.2.